The SMILES string of the molecule is C=CCNS(=O)(=O)c1cc(S(N)(=O)=O)c(Cl)cc1N=C(C)C(C)O. The van der Waals surface area contributed by atoms with Crippen LogP contribution in [-0.4, -0.2) is 40.3 Å². The molecule has 0 fully saturated rings. The van der Waals surface area contributed by atoms with E-state index < -0.39 is 35.9 Å². The van der Waals surface area contributed by atoms with Crippen molar-refractivity contribution >= 4 is 43.0 Å². The molecule has 0 aliphatic carbocycles. The van der Waals surface area contributed by atoms with Crippen molar-refractivity contribution < 1.29 is 21.9 Å². The van der Waals surface area contributed by atoms with Crippen LogP contribution < -0.4 is 9.86 Å². The Hall–Kier alpha value is -1.30. The number of halogens is 1. The minimum atomic E-state index is -4.24. The number of aliphatic hydroxyl groups excluding tert-OH is 1. The molecule has 0 heterocycles. The Labute approximate surface area is 146 Å². The molecule has 0 aliphatic heterocycles. The summed E-state index contributed by atoms with van der Waals surface area (Å²) < 4.78 is 50.1. The number of rotatable bonds is 7. The van der Waals surface area contributed by atoms with Gasteiger partial charge in [0.05, 0.1) is 16.8 Å². The third-order valence-electron chi connectivity index (χ3n) is 2.93. The minimum absolute atomic E-state index is 0.0752. The number of hydrogen-bond acceptors (Lipinski definition) is 6. The van der Waals surface area contributed by atoms with Crippen LogP contribution in [0.3, 0.4) is 0 Å². The van der Waals surface area contributed by atoms with Crippen molar-refractivity contribution in [1.82, 2.24) is 4.72 Å². The van der Waals surface area contributed by atoms with Gasteiger partial charge < -0.3 is 5.11 Å². The zero-order valence-electron chi connectivity index (χ0n) is 13.0. The largest absolute Gasteiger partial charge is 0.387 e. The number of primary sulfonamides is 1. The van der Waals surface area contributed by atoms with Gasteiger partial charge in [-0.15, -0.1) is 6.58 Å². The first kappa shape index (κ1) is 20.7. The van der Waals surface area contributed by atoms with Crippen molar-refractivity contribution in [3.8, 4) is 0 Å². The van der Waals surface area contributed by atoms with Crippen LogP contribution in [0.25, 0.3) is 0 Å². The topological polar surface area (TPSA) is 139 Å². The monoisotopic (exact) mass is 395 g/mol. The lowest BCUT2D eigenvalue weighted by atomic mass is 10.2. The first-order chi connectivity index (χ1) is 10.9. The Bertz CT molecular complexity index is 877. The summed E-state index contributed by atoms with van der Waals surface area (Å²) in [4.78, 5) is 3.04. The van der Waals surface area contributed by atoms with E-state index in [1.807, 2.05) is 0 Å². The summed E-state index contributed by atoms with van der Waals surface area (Å²) in [5.74, 6) is 0. The summed E-state index contributed by atoms with van der Waals surface area (Å²) in [7, 11) is -8.35. The molecule has 0 spiro atoms. The molecule has 0 saturated carbocycles. The fourth-order valence-corrected chi connectivity index (χ4v) is 3.89. The van der Waals surface area contributed by atoms with E-state index in [9.17, 15) is 21.9 Å². The Morgan fingerprint density at radius 2 is 2.00 bits per heavy atom. The number of nitrogens with one attached hydrogen (secondary N) is 1. The van der Waals surface area contributed by atoms with E-state index in [0.717, 1.165) is 12.1 Å². The maximum absolute atomic E-state index is 12.4. The number of aliphatic hydroxyl groups is 1. The minimum Gasteiger partial charge on any atom is -0.387 e. The number of hydrogen-bond donors (Lipinski definition) is 3. The Morgan fingerprint density at radius 3 is 2.46 bits per heavy atom. The summed E-state index contributed by atoms with van der Waals surface area (Å²) in [5.41, 5.74) is 0.0944. The van der Waals surface area contributed by atoms with E-state index in [1.165, 1.54) is 19.9 Å². The van der Waals surface area contributed by atoms with Gasteiger partial charge in [0.1, 0.15) is 9.79 Å². The molecule has 1 aromatic carbocycles. The molecule has 11 heteroatoms. The third kappa shape index (κ3) is 5.10. The molecule has 0 aromatic heterocycles. The smallest absolute Gasteiger partial charge is 0.243 e. The lowest BCUT2D eigenvalue weighted by molar-refractivity contribution is 0.261. The number of benzene rings is 1. The van der Waals surface area contributed by atoms with E-state index in [1.54, 1.807) is 0 Å². The van der Waals surface area contributed by atoms with Gasteiger partial charge in [0.2, 0.25) is 20.0 Å². The van der Waals surface area contributed by atoms with E-state index in [4.69, 9.17) is 16.7 Å². The van der Waals surface area contributed by atoms with Gasteiger partial charge in [-0.25, -0.2) is 26.7 Å². The zero-order valence-corrected chi connectivity index (χ0v) is 15.4. The quantitative estimate of drug-likeness (QED) is 0.465. The standard InChI is InChI=1S/C13H18ClN3O5S2/c1-4-5-16-24(21,22)13-7-12(23(15,19)20)10(14)6-11(13)17-8(2)9(3)18/h4,6-7,9,16,18H,1,5H2,2-3H3,(H2,15,19,20). The lowest BCUT2D eigenvalue weighted by Gasteiger charge is -2.12. The van der Waals surface area contributed by atoms with Gasteiger partial charge in [-0.3, -0.25) is 4.99 Å². The number of nitrogens with zero attached hydrogens (tertiary/aromatic N) is 1. The third-order valence-corrected chi connectivity index (χ3v) is 5.76. The normalized spacial score (nSPS) is 14.5. The van der Waals surface area contributed by atoms with Crippen LogP contribution in [0.2, 0.25) is 5.02 Å². The maximum Gasteiger partial charge on any atom is 0.243 e. The average molecular weight is 396 g/mol. The summed E-state index contributed by atoms with van der Waals surface area (Å²) in [5, 5.41) is 14.3. The maximum atomic E-state index is 12.4. The first-order valence-electron chi connectivity index (χ1n) is 6.60. The molecule has 0 radical (unpaired) electrons. The number of nitrogens with two attached hydrogens (primary N) is 1. The number of aliphatic imine (C=N–C) groups is 1. The highest BCUT2D eigenvalue weighted by Gasteiger charge is 2.24. The van der Waals surface area contributed by atoms with Gasteiger partial charge in [0, 0.05) is 12.3 Å². The molecular formula is C13H18ClN3O5S2. The molecule has 0 saturated heterocycles. The van der Waals surface area contributed by atoms with Crippen LogP contribution in [0, 0.1) is 0 Å². The van der Waals surface area contributed by atoms with Crippen LogP contribution in [0.15, 0.2) is 39.6 Å². The molecule has 0 bridgehead atoms. The van der Waals surface area contributed by atoms with Crippen LogP contribution in [-0.2, 0) is 20.0 Å². The molecule has 1 atom stereocenters. The Morgan fingerprint density at radius 1 is 1.42 bits per heavy atom. The van der Waals surface area contributed by atoms with Crippen molar-refractivity contribution in [2.24, 2.45) is 10.1 Å². The second-order valence-corrected chi connectivity index (χ2v) is 8.54. The highest BCUT2D eigenvalue weighted by Crippen LogP contribution is 2.33. The van der Waals surface area contributed by atoms with E-state index in [2.05, 4.69) is 16.3 Å². The van der Waals surface area contributed by atoms with Gasteiger partial charge in [-0.05, 0) is 26.0 Å². The fourth-order valence-electron chi connectivity index (χ4n) is 1.57. The Balaban J connectivity index is 3.74. The molecule has 134 valence electrons. The first-order valence-corrected chi connectivity index (χ1v) is 10.0. The molecule has 8 nitrogen and oxygen atoms in total. The van der Waals surface area contributed by atoms with E-state index in [-0.39, 0.29) is 23.0 Å². The van der Waals surface area contributed by atoms with Crippen LogP contribution >= 0.6 is 11.6 Å². The Kier molecular flexibility index (Phi) is 6.67. The average Bonchev–Trinajstić information content (AvgIpc) is 2.43. The van der Waals surface area contributed by atoms with Gasteiger partial charge in [0.25, 0.3) is 0 Å². The predicted octanol–water partition coefficient (Wildman–Crippen LogP) is 0.925. The molecule has 4 N–H and O–H groups in total. The molecule has 24 heavy (non-hydrogen) atoms. The molecule has 0 amide bonds. The fraction of sp³-hybridized carbons (Fsp3) is 0.308. The van der Waals surface area contributed by atoms with Crippen molar-refractivity contribution in [1.29, 1.82) is 0 Å². The molecule has 1 rings (SSSR count). The summed E-state index contributed by atoms with van der Waals surface area (Å²) in [6, 6.07) is 1.90. The predicted molar refractivity (Wildman–Crippen MR) is 92.7 cm³/mol. The molecular weight excluding hydrogens is 378 g/mol. The second-order valence-electron chi connectivity index (χ2n) is 4.87. The van der Waals surface area contributed by atoms with Crippen LogP contribution in [0.4, 0.5) is 5.69 Å². The van der Waals surface area contributed by atoms with Crippen molar-refractivity contribution in [3.63, 3.8) is 0 Å². The van der Waals surface area contributed by atoms with Crippen molar-refractivity contribution in [3.05, 3.63) is 29.8 Å². The second kappa shape index (κ2) is 7.72. The van der Waals surface area contributed by atoms with Gasteiger partial charge >= 0.3 is 0 Å². The summed E-state index contributed by atoms with van der Waals surface area (Å²) in [6.45, 7) is 6.26. The summed E-state index contributed by atoms with van der Waals surface area (Å²) >= 11 is 5.88. The van der Waals surface area contributed by atoms with Crippen LogP contribution in [0.5, 0.6) is 0 Å². The van der Waals surface area contributed by atoms with Gasteiger partial charge in [-0.2, -0.15) is 0 Å². The summed E-state index contributed by atoms with van der Waals surface area (Å²) in [6.07, 6.45) is 0.385. The van der Waals surface area contributed by atoms with Gasteiger partial charge in [0.15, 0.2) is 0 Å². The lowest BCUT2D eigenvalue weighted by Crippen LogP contribution is -2.24. The highest BCUT2D eigenvalue weighted by atomic mass is 35.5. The van der Waals surface area contributed by atoms with Crippen LogP contribution in [0.1, 0.15) is 13.8 Å². The highest BCUT2D eigenvalue weighted by molar-refractivity contribution is 7.90. The van der Waals surface area contributed by atoms with Crippen molar-refractivity contribution in [2.45, 2.75) is 29.7 Å². The molecule has 0 aliphatic rings. The zero-order chi connectivity index (χ0) is 18.7. The van der Waals surface area contributed by atoms with E-state index in [0.29, 0.717) is 0 Å². The van der Waals surface area contributed by atoms with Crippen molar-refractivity contribution in [2.75, 3.05) is 6.54 Å². The van der Waals surface area contributed by atoms with Gasteiger partial charge in [-0.1, -0.05) is 17.7 Å². The number of sulfonamides is 2. The molecule has 1 unspecified atom stereocenters. The van der Waals surface area contributed by atoms with E-state index >= 15 is 0 Å². The molecule has 1 aromatic rings.